The smallest absolute Gasteiger partial charge is 0.0952 e. The molecule has 0 aliphatic carbocycles. The molecule has 0 bridgehead atoms. The number of hydrogen-bond donors (Lipinski definition) is 3. The number of fused-ring (bicyclic) bond motifs is 4. The van der Waals surface area contributed by atoms with Gasteiger partial charge in [-0.25, -0.2) is 0 Å². The summed E-state index contributed by atoms with van der Waals surface area (Å²) in [6.07, 6.45) is 0. The van der Waals surface area contributed by atoms with Crippen molar-refractivity contribution in [1.82, 2.24) is 40.4 Å². The molecule has 0 unspecified atom stereocenters. The summed E-state index contributed by atoms with van der Waals surface area (Å²) < 4.78 is 1.91. The van der Waals surface area contributed by atoms with Crippen LogP contribution in [0.15, 0.2) is 78.9 Å². The number of nitrogens with zero attached hydrogens (tertiary/aromatic N) is 5. The van der Waals surface area contributed by atoms with E-state index in [0.717, 1.165) is 39.3 Å². The van der Waals surface area contributed by atoms with Crippen LogP contribution in [0.3, 0.4) is 0 Å². The summed E-state index contributed by atoms with van der Waals surface area (Å²) in [5.41, 5.74) is 12.7. The molecule has 0 fully saturated rings. The summed E-state index contributed by atoms with van der Waals surface area (Å²) in [4.78, 5) is 0. The highest BCUT2D eigenvalue weighted by atomic mass is 15.3. The van der Waals surface area contributed by atoms with Crippen LogP contribution in [0, 0.1) is 48.5 Å². The maximum atomic E-state index is 4.31. The van der Waals surface area contributed by atoms with Gasteiger partial charge in [-0.05, 0) is 83.9 Å². The minimum absolute atomic E-state index is 1.05. The van der Waals surface area contributed by atoms with E-state index >= 15 is 0 Å². The van der Waals surface area contributed by atoms with Crippen molar-refractivity contribution in [3.63, 3.8) is 0 Å². The first kappa shape index (κ1) is 30.2. The Balaban J connectivity index is 0.000000116. The van der Waals surface area contributed by atoms with Gasteiger partial charge in [0, 0.05) is 45.7 Å². The van der Waals surface area contributed by atoms with Crippen LogP contribution in [-0.4, -0.2) is 40.4 Å². The fourth-order valence-corrected chi connectivity index (χ4v) is 5.21. The Kier molecular flexibility index (Phi) is 8.90. The van der Waals surface area contributed by atoms with Gasteiger partial charge in [-0.3, -0.25) is 20.0 Å². The molecule has 0 amide bonds. The van der Waals surface area contributed by atoms with Gasteiger partial charge in [-0.15, -0.1) is 0 Å². The van der Waals surface area contributed by atoms with Gasteiger partial charge in [0.25, 0.3) is 0 Å². The molecule has 8 rings (SSSR count). The maximum absolute atomic E-state index is 4.31. The van der Waals surface area contributed by atoms with Crippen molar-refractivity contribution in [2.24, 2.45) is 7.05 Å². The standard InChI is InChI=1S/4C9H10N2/c1-6-3-4-9-8(5-6)7(2)10-11-9;1-6-3-4-8-7(2)10-11-9(8)5-6;1-7-8-5-3-4-6-9(8)11(2)10-7;1-6-4-3-5-8-7(2)10-11-9(6)8/h2*3-5H,1-2H3,(H,10,11);3-6H,1-2H3;3-5H,1-2H3,(H,10,11). The molecule has 44 heavy (non-hydrogen) atoms. The second-order valence-electron chi connectivity index (χ2n) is 11.3. The first-order chi connectivity index (χ1) is 21.1. The number of nitrogens with one attached hydrogen (secondary N) is 3. The molecule has 0 atom stereocenters. The lowest BCUT2D eigenvalue weighted by molar-refractivity contribution is 0.783. The average Bonchev–Trinajstić information content (AvgIpc) is 3.77. The largest absolute Gasteiger partial charge is 0.282 e. The number of aryl methyl sites for hydroxylation is 8. The zero-order valence-corrected chi connectivity index (χ0v) is 26.7. The van der Waals surface area contributed by atoms with E-state index in [0.29, 0.717) is 0 Å². The van der Waals surface area contributed by atoms with Crippen LogP contribution in [-0.2, 0) is 7.05 Å². The number of hydrogen-bond acceptors (Lipinski definition) is 4. The van der Waals surface area contributed by atoms with Crippen molar-refractivity contribution in [2.75, 3.05) is 0 Å². The summed E-state index contributed by atoms with van der Waals surface area (Å²) in [5, 5.41) is 30.6. The molecular formula is C36H40N8. The predicted octanol–water partition coefficient (Wildman–Crippen LogP) is 8.42. The SMILES string of the molecule is Cc1[nH]nc2c(C)cccc12.Cc1ccc2c(C)[nH]nc2c1.Cc1ccc2n[nH]c(C)c2c1.Cc1nn(C)c2ccccc12. The van der Waals surface area contributed by atoms with E-state index in [1.807, 2.05) is 57.6 Å². The number of aromatic amines is 3. The van der Waals surface area contributed by atoms with Crippen molar-refractivity contribution < 1.29 is 0 Å². The number of para-hydroxylation sites is 2. The quantitative estimate of drug-likeness (QED) is 0.166. The molecule has 8 nitrogen and oxygen atoms in total. The van der Waals surface area contributed by atoms with Crippen molar-refractivity contribution in [3.05, 3.63) is 118 Å². The highest BCUT2D eigenvalue weighted by Gasteiger charge is 2.03. The molecule has 8 heteroatoms. The first-order valence-electron chi connectivity index (χ1n) is 14.7. The van der Waals surface area contributed by atoms with Gasteiger partial charge in [0.05, 0.1) is 27.8 Å². The van der Waals surface area contributed by atoms with E-state index in [1.54, 1.807) is 0 Å². The van der Waals surface area contributed by atoms with Crippen molar-refractivity contribution >= 4 is 43.6 Å². The third kappa shape index (κ3) is 6.54. The molecule has 3 N–H and O–H groups in total. The Bertz CT molecular complexity index is 2130. The minimum Gasteiger partial charge on any atom is -0.282 e. The van der Waals surface area contributed by atoms with Crippen LogP contribution in [0.5, 0.6) is 0 Å². The lowest BCUT2D eigenvalue weighted by Gasteiger charge is -1.91. The van der Waals surface area contributed by atoms with Gasteiger partial charge in [-0.1, -0.05) is 60.2 Å². The highest BCUT2D eigenvalue weighted by Crippen LogP contribution is 2.19. The molecular weight excluding hydrogens is 544 g/mol. The Hall–Kier alpha value is -5.24. The van der Waals surface area contributed by atoms with Crippen molar-refractivity contribution in [2.45, 2.75) is 48.5 Å². The third-order valence-corrected chi connectivity index (χ3v) is 7.72. The second kappa shape index (κ2) is 13.0. The molecule has 0 radical (unpaired) electrons. The fraction of sp³-hybridized carbons (Fsp3) is 0.222. The molecule has 0 aliphatic heterocycles. The van der Waals surface area contributed by atoms with E-state index in [2.05, 4.69) is 117 Å². The zero-order chi connectivity index (χ0) is 31.4. The summed E-state index contributed by atoms with van der Waals surface area (Å²) >= 11 is 0. The zero-order valence-electron chi connectivity index (χ0n) is 26.7. The number of H-pyrrole nitrogens is 3. The van der Waals surface area contributed by atoms with Gasteiger partial charge in [0.2, 0.25) is 0 Å². The molecule has 0 spiro atoms. The van der Waals surface area contributed by atoms with Crippen LogP contribution in [0.4, 0.5) is 0 Å². The Labute approximate surface area is 257 Å². The van der Waals surface area contributed by atoms with Gasteiger partial charge in [0.1, 0.15) is 0 Å². The van der Waals surface area contributed by atoms with Crippen molar-refractivity contribution in [1.29, 1.82) is 0 Å². The van der Waals surface area contributed by atoms with E-state index in [9.17, 15) is 0 Å². The molecule has 4 heterocycles. The van der Waals surface area contributed by atoms with Crippen LogP contribution in [0.25, 0.3) is 43.6 Å². The monoisotopic (exact) mass is 584 g/mol. The normalized spacial score (nSPS) is 10.7. The maximum Gasteiger partial charge on any atom is 0.0952 e. The summed E-state index contributed by atoms with van der Waals surface area (Å²) in [6.45, 7) is 14.4. The first-order valence-corrected chi connectivity index (χ1v) is 14.7. The van der Waals surface area contributed by atoms with Crippen molar-refractivity contribution in [3.8, 4) is 0 Å². The van der Waals surface area contributed by atoms with E-state index in [4.69, 9.17) is 0 Å². The predicted molar refractivity (Wildman–Crippen MR) is 182 cm³/mol. The van der Waals surface area contributed by atoms with Crippen LogP contribution in [0.1, 0.15) is 39.5 Å². The topological polar surface area (TPSA) is 104 Å². The van der Waals surface area contributed by atoms with Gasteiger partial charge < -0.3 is 0 Å². The van der Waals surface area contributed by atoms with Gasteiger partial charge >= 0.3 is 0 Å². The Morgan fingerprint density at radius 3 is 1.89 bits per heavy atom. The lowest BCUT2D eigenvalue weighted by atomic mass is 10.1. The Morgan fingerprint density at radius 2 is 1.14 bits per heavy atom. The molecule has 4 aromatic carbocycles. The van der Waals surface area contributed by atoms with E-state index < -0.39 is 0 Å². The van der Waals surface area contributed by atoms with Gasteiger partial charge in [0.15, 0.2) is 0 Å². The molecule has 0 saturated carbocycles. The summed E-state index contributed by atoms with van der Waals surface area (Å²) in [7, 11) is 1.97. The number of aromatic nitrogens is 8. The second-order valence-corrected chi connectivity index (χ2v) is 11.3. The summed E-state index contributed by atoms with van der Waals surface area (Å²) in [5.74, 6) is 0. The minimum atomic E-state index is 1.05. The molecule has 0 saturated heterocycles. The number of benzene rings is 4. The third-order valence-electron chi connectivity index (χ3n) is 7.72. The molecule has 4 aromatic heterocycles. The van der Waals surface area contributed by atoms with Gasteiger partial charge in [-0.2, -0.15) is 20.4 Å². The molecule has 8 aromatic rings. The average molecular weight is 585 g/mol. The summed E-state index contributed by atoms with van der Waals surface area (Å²) in [6, 6.07) is 27.0. The fourth-order valence-electron chi connectivity index (χ4n) is 5.21. The van der Waals surface area contributed by atoms with E-state index in [-0.39, 0.29) is 0 Å². The highest BCUT2D eigenvalue weighted by molar-refractivity contribution is 5.84. The van der Waals surface area contributed by atoms with Crippen LogP contribution in [0.2, 0.25) is 0 Å². The lowest BCUT2D eigenvalue weighted by Crippen LogP contribution is -1.88. The van der Waals surface area contributed by atoms with E-state index in [1.165, 1.54) is 43.8 Å². The Morgan fingerprint density at radius 1 is 0.523 bits per heavy atom. The number of rotatable bonds is 0. The van der Waals surface area contributed by atoms with Crippen LogP contribution < -0.4 is 0 Å². The van der Waals surface area contributed by atoms with Crippen LogP contribution >= 0.6 is 0 Å². The molecule has 224 valence electrons. The molecule has 0 aliphatic rings.